The van der Waals surface area contributed by atoms with Gasteiger partial charge in [-0.3, -0.25) is 9.69 Å². The van der Waals surface area contributed by atoms with Gasteiger partial charge < -0.3 is 14.7 Å². The SMILES string of the molecule is CC1CCC=C2CC3OC(=O)C(CN4CCN(c5ccc(Cl)cc5)CC4)C3C(O)C21C. The monoisotopic (exact) mass is 444 g/mol. The molecule has 4 aliphatic rings. The second-order valence-electron chi connectivity index (χ2n) is 10.1. The lowest BCUT2D eigenvalue weighted by atomic mass is 9.55. The minimum atomic E-state index is -0.528. The number of halogens is 1. The van der Waals surface area contributed by atoms with Crippen LogP contribution >= 0.6 is 11.6 Å². The predicted molar refractivity (Wildman–Crippen MR) is 122 cm³/mol. The molecule has 0 bridgehead atoms. The van der Waals surface area contributed by atoms with Crippen LogP contribution in [0.2, 0.25) is 5.02 Å². The van der Waals surface area contributed by atoms with E-state index in [1.807, 2.05) is 12.1 Å². The fraction of sp³-hybridized carbons (Fsp3) is 0.640. The summed E-state index contributed by atoms with van der Waals surface area (Å²) in [6.45, 7) is 8.77. The van der Waals surface area contributed by atoms with E-state index in [4.69, 9.17) is 16.3 Å². The van der Waals surface area contributed by atoms with Gasteiger partial charge in [-0.25, -0.2) is 0 Å². The number of fused-ring (bicyclic) bond motifs is 2. The fourth-order valence-corrected chi connectivity index (χ4v) is 6.52. The largest absolute Gasteiger partial charge is 0.461 e. The van der Waals surface area contributed by atoms with E-state index in [9.17, 15) is 9.90 Å². The lowest BCUT2D eigenvalue weighted by molar-refractivity contribution is -0.145. The van der Waals surface area contributed by atoms with E-state index < -0.39 is 6.10 Å². The first kappa shape index (κ1) is 21.3. The van der Waals surface area contributed by atoms with Crippen molar-refractivity contribution in [2.45, 2.75) is 45.3 Å². The molecule has 6 unspecified atom stereocenters. The van der Waals surface area contributed by atoms with Gasteiger partial charge in [-0.2, -0.15) is 0 Å². The standard InChI is InChI=1S/C25H33ClN2O3/c1-16-4-3-5-17-14-21-22(23(29)25(16,17)2)20(24(30)31-21)15-27-10-12-28(13-11-27)19-8-6-18(26)7-9-19/h5-9,16,20-23,29H,3-4,10-15H2,1-2H3. The summed E-state index contributed by atoms with van der Waals surface area (Å²) in [4.78, 5) is 17.6. The van der Waals surface area contributed by atoms with Crippen LogP contribution in [0.15, 0.2) is 35.9 Å². The highest BCUT2D eigenvalue weighted by atomic mass is 35.5. The fourth-order valence-electron chi connectivity index (χ4n) is 6.39. The lowest BCUT2D eigenvalue weighted by Crippen LogP contribution is -2.55. The zero-order valence-corrected chi connectivity index (χ0v) is 19.2. The van der Waals surface area contributed by atoms with Crippen LogP contribution in [0.1, 0.15) is 33.1 Å². The molecule has 5 rings (SSSR count). The first-order valence-electron chi connectivity index (χ1n) is 11.7. The van der Waals surface area contributed by atoms with E-state index in [0.717, 1.165) is 50.5 Å². The van der Waals surface area contributed by atoms with Gasteiger partial charge in [0.1, 0.15) is 6.10 Å². The van der Waals surface area contributed by atoms with Crippen LogP contribution < -0.4 is 4.90 Å². The number of hydrogen-bond donors (Lipinski definition) is 1. The molecule has 0 radical (unpaired) electrons. The number of esters is 1. The Kier molecular flexibility index (Phi) is 5.56. The van der Waals surface area contributed by atoms with Crippen LogP contribution in [0.4, 0.5) is 5.69 Å². The van der Waals surface area contributed by atoms with E-state index in [-0.39, 0.29) is 29.3 Å². The zero-order valence-electron chi connectivity index (χ0n) is 18.5. The minimum Gasteiger partial charge on any atom is -0.461 e. The summed E-state index contributed by atoms with van der Waals surface area (Å²) in [7, 11) is 0. The summed E-state index contributed by atoms with van der Waals surface area (Å²) in [5.41, 5.74) is 2.24. The molecule has 1 N–H and O–H groups in total. The Balaban J connectivity index is 1.27. The van der Waals surface area contributed by atoms with Crippen molar-refractivity contribution in [2.75, 3.05) is 37.6 Å². The molecule has 0 aromatic heterocycles. The maximum atomic E-state index is 12.9. The summed E-state index contributed by atoms with van der Waals surface area (Å²) in [5.74, 6) is -0.0496. The number of rotatable bonds is 3. The van der Waals surface area contributed by atoms with Crippen LogP contribution in [0.25, 0.3) is 0 Å². The van der Waals surface area contributed by atoms with Gasteiger partial charge in [-0.15, -0.1) is 0 Å². The average Bonchev–Trinajstić information content (AvgIpc) is 3.07. The molecule has 2 saturated heterocycles. The van der Waals surface area contributed by atoms with Crippen molar-refractivity contribution in [3.63, 3.8) is 0 Å². The Morgan fingerprint density at radius 3 is 2.61 bits per heavy atom. The predicted octanol–water partition coefficient (Wildman–Crippen LogP) is 3.75. The molecule has 2 aliphatic carbocycles. The minimum absolute atomic E-state index is 0.107. The van der Waals surface area contributed by atoms with Crippen molar-refractivity contribution < 1.29 is 14.6 Å². The first-order valence-corrected chi connectivity index (χ1v) is 12.1. The molecule has 5 nitrogen and oxygen atoms in total. The summed E-state index contributed by atoms with van der Waals surface area (Å²) < 4.78 is 5.83. The van der Waals surface area contributed by atoms with Gasteiger partial charge in [0.25, 0.3) is 0 Å². The summed E-state index contributed by atoms with van der Waals surface area (Å²) in [6.07, 6.45) is 4.53. The van der Waals surface area contributed by atoms with Gasteiger partial charge in [-0.1, -0.05) is 37.1 Å². The first-order chi connectivity index (χ1) is 14.9. The Hall–Kier alpha value is -1.56. The van der Waals surface area contributed by atoms with Crippen LogP contribution in [0, 0.1) is 23.2 Å². The summed E-state index contributed by atoms with van der Waals surface area (Å²) in [5, 5.41) is 12.3. The Morgan fingerprint density at radius 1 is 1.19 bits per heavy atom. The van der Waals surface area contributed by atoms with Crippen LogP contribution in [0.3, 0.4) is 0 Å². The third kappa shape index (κ3) is 3.59. The van der Waals surface area contributed by atoms with Crippen molar-refractivity contribution in [2.24, 2.45) is 23.2 Å². The summed E-state index contributed by atoms with van der Waals surface area (Å²) in [6, 6.07) is 7.98. The third-order valence-corrected chi connectivity index (χ3v) is 8.84. The zero-order chi connectivity index (χ0) is 21.8. The Labute approximate surface area is 190 Å². The highest BCUT2D eigenvalue weighted by Gasteiger charge is 2.59. The number of hydrogen-bond acceptors (Lipinski definition) is 5. The van der Waals surface area contributed by atoms with Crippen LogP contribution in [0.5, 0.6) is 0 Å². The van der Waals surface area contributed by atoms with Gasteiger partial charge in [0.05, 0.1) is 12.0 Å². The van der Waals surface area contributed by atoms with Gasteiger partial charge in [0, 0.05) is 61.2 Å². The number of carbonyl (C=O) groups excluding carboxylic acids is 1. The van der Waals surface area contributed by atoms with E-state index in [2.05, 4.69) is 41.9 Å². The molecule has 1 aromatic carbocycles. The number of ether oxygens (including phenoxy) is 1. The molecule has 6 atom stereocenters. The van der Waals surface area contributed by atoms with Gasteiger partial charge in [0.15, 0.2) is 0 Å². The molecule has 1 saturated carbocycles. The molecule has 0 amide bonds. The highest BCUT2D eigenvalue weighted by molar-refractivity contribution is 6.30. The molecule has 1 aromatic rings. The highest BCUT2D eigenvalue weighted by Crippen LogP contribution is 2.56. The molecule has 168 valence electrons. The Morgan fingerprint density at radius 2 is 1.90 bits per heavy atom. The van der Waals surface area contributed by atoms with E-state index in [1.54, 1.807) is 0 Å². The van der Waals surface area contributed by atoms with E-state index in [0.29, 0.717) is 12.5 Å². The number of anilines is 1. The molecule has 2 heterocycles. The average molecular weight is 445 g/mol. The molecule has 2 aliphatic heterocycles. The number of aliphatic hydroxyl groups is 1. The topological polar surface area (TPSA) is 53.0 Å². The Bertz CT molecular complexity index is 864. The number of allylic oxidation sites excluding steroid dienone is 1. The quantitative estimate of drug-likeness (QED) is 0.568. The second-order valence-corrected chi connectivity index (χ2v) is 10.5. The normalized spacial score (nSPS) is 38.3. The molecular formula is C25H33ClN2O3. The van der Waals surface area contributed by atoms with E-state index in [1.165, 1.54) is 11.3 Å². The molecule has 0 spiro atoms. The lowest BCUT2D eigenvalue weighted by Gasteiger charge is -2.52. The number of aliphatic hydroxyl groups excluding tert-OH is 1. The van der Waals surface area contributed by atoms with Gasteiger partial charge >= 0.3 is 5.97 Å². The summed E-state index contributed by atoms with van der Waals surface area (Å²) >= 11 is 6.02. The van der Waals surface area contributed by atoms with Crippen molar-refractivity contribution in [1.29, 1.82) is 0 Å². The molecule has 6 heteroatoms. The van der Waals surface area contributed by atoms with Gasteiger partial charge in [0.2, 0.25) is 0 Å². The third-order valence-electron chi connectivity index (χ3n) is 8.59. The van der Waals surface area contributed by atoms with Crippen LogP contribution in [-0.4, -0.2) is 60.9 Å². The number of benzene rings is 1. The maximum Gasteiger partial charge on any atom is 0.311 e. The smallest absolute Gasteiger partial charge is 0.311 e. The van der Waals surface area contributed by atoms with Gasteiger partial charge in [-0.05, 0) is 43.0 Å². The number of carbonyl (C=O) groups is 1. The molecule has 31 heavy (non-hydrogen) atoms. The van der Waals surface area contributed by atoms with E-state index >= 15 is 0 Å². The number of nitrogens with zero attached hydrogens (tertiary/aromatic N) is 2. The second kappa shape index (κ2) is 8.09. The van der Waals surface area contributed by atoms with Crippen molar-refractivity contribution in [3.8, 4) is 0 Å². The molecular weight excluding hydrogens is 412 g/mol. The maximum absolute atomic E-state index is 12.9. The van der Waals surface area contributed by atoms with Crippen molar-refractivity contribution in [3.05, 3.63) is 40.9 Å². The van der Waals surface area contributed by atoms with Crippen molar-refractivity contribution in [1.82, 2.24) is 4.90 Å². The molecule has 3 fully saturated rings. The van der Waals surface area contributed by atoms with Crippen molar-refractivity contribution >= 4 is 23.3 Å². The van der Waals surface area contributed by atoms with Crippen LogP contribution in [-0.2, 0) is 9.53 Å². The number of piperazine rings is 1.